The van der Waals surface area contributed by atoms with Crippen molar-refractivity contribution in [3.63, 3.8) is 0 Å². The van der Waals surface area contributed by atoms with E-state index >= 15 is 0 Å². The highest BCUT2D eigenvalue weighted by atomic mass is 16.5. The molecule has 1 saturated carbocycles. The van der Waals surface area contributed by atoms with Gasteiger partial charge in [-0.1, -0.05) is 44.0 Å². The standard InChI is InChI=1S/C20H23N3O4/c1-13-6-2-4-8-15(13)22-20(26)23-18(24)12-27-19(25)17-11-10-14-7-3-5-9-16(14)21-17/h3,5,7,9-11,13,15H,2,4,6,8,12H2,1H3,(H2,22,23,24,26)/t13-,15-/m0/s1. The normalized spacial score (nSPS) is 19.3. The summed E-state index contributed by atoms with van der Waals surface area (Å²) in [5.41, 5.74) is 0.777. The van der Waals surface area contributed by atoms with Crippen molar-refractivity contribution in [1.82, 2.24) is 15.6 Å². The number of ether oxygens (including phenoxy) is 1. The molecule has 1 aromatic carbocycles. The van der Waals surface area contributed by atoms with Gasteiger partial charge in [0.05, 0.1) is 5.52 Å². The smallest absolute Gasteiger partial charge is 0.357 e. The van der Waals surface area contributed by atoms with E-state index in [1.54, 1.807) is 18.2 Å². The third-order valence-electron chi connectivity index (χ3n) is 4.82. The largest absolute Gasteiger partial charge is 0.451 e. The number of hydrogen-bond acceptors (Lipinski definition) is 5. The summed E-state index contributed by atoms with van der Waals surface area (Å²) in [6, 6.07) is 10.2. The Morgan fingerprint density at radius 2 is 1.89 bits per heavy atom. The Labute approximate surface area is 157 Å². The lowest BCUT2D eigenvalue weighted by atomic mass is 9.86. The molecule has 1 aliphatic rings. The molecule has 1 aliphatic carbocycles. The fourth-order valence-electron chi connectivity index (χ4n) is 3.28. The van der Waals surface area contributed by atoms with Crippen LogP contribution < -0.4 is 10.6 Å². The van der Waals surface area contributed by atoms with Crippen LogP contribution in [-0.2, 0) is 9.53 Å². The Balaban J connectivity index is 1.47. The maximum atomic E-state index is 12.1. The van der Waals surface area contributed by atoms with Crippen molar-refractivity contribution in [3.8, 4) is 0 Å². The van der Waals surface area contributed by atoms with Gasteiger partial charge in [-0.15, -0.1) is 0 Å². The molecule has 2 atom stereocenters. The van der Waals surface area contributed by atoms with Gasteiger partial charge in [-0.25, -0.2) is 14.6 Å². The van der Waals surface area contributed by atoms with Crippen LogP contribution >= 0.6 is 0 Å². The average molecular weight is 369 g/mol. The van der Waals surface area contributed by atoms with E-state index in [1.165, 1.54) is 6.42 Å². The molecule has 2 aromatic rings. The second-order valence-electron chi connectivity index (χ2n) is 6.86. The second-order valence-corrected chi connectivity index (χ2v) is 6.86. The van der Waals surface area contributed by atoms with Crippen molar-refractivity contribution in [3.05, 3.63) is 42.1 Å². The van der Waals surface area contributed by atoms with E-state index in [1.807, 2.05) is 18.2 Å². The minimum absolute atomic E-state index is 0.0656. The first kappa shape index (κ1) is 18.8. The van der Waals surface area contributed by atoms with Crippen molar-refractivity contribution in [2.24, 2.45) is 5.92 Å². The lowest BCUT2D eigenvalue weighted by Gasteiger charge is -2.29. The van der Waals surface area contributed by atoms with Crippen LogP contribution in [0.15, 0.2) is 36.4 Å². The monoisotopic (exact) mass is 369 g/mol. The van der Waals surface area contributed by atoms with Gasteiger partial charge < -0.3 is 10.1 Å². The van der Waals surface area contributed by atoms with Gasteiger partial charge in [0.15, 0.2) is 6.61 Å². The number of nitrogens with zero attached hydrogens (tertiary/aromatic N) is 1. The van der Waals surface area contributed by atoms with Gasteiger partial charge in [-0.3, -0.25) is 10.1 Å². The number of imide groups is 1. The highest BCUT2D eigenvalue weighted by Crippen LogP contribution is 2.23. The zero-order chi connectivity index (χ0) is 19.2. The predicted molar refractivity (Wildman–Crippen MR) is 100 cm³/mol. The molecule has 0 spiro atoms. The third-order valence-corrected chi connectivity index (χ3v) is 4.82. The Bertz CT molecular complexity index is 852. The van der Waals surface area contributed by atoms with Crippen LogP contribution in [-0.4, -0.2) is 35.5 Å². The summed E-state index contributed by atoms with van der Waals surface area (Å²) in [6.07, 6.45) is 4.21. The van der Waals surface area contributed by atoms with Crippen LogP contribution in [0.25, 0.3) is 10.9 Å². The maximum Gasteiger partial charge on any atom is 0.357 e. The number of aromatic nitrogens is 1. The van der Waals surface area contributed by atoms with E-state index in [0.29, 0.717) is 11.4 Å². The third kappa shape index (κ3) is 5.03. The SMILES string of the molecule is C[C@H]1CCCC[C@@H]1NC(=O)NC(=O)COC(=O)c1ccc2ccccc2n1. The summed E-state index contributed by atoms with van der Waals surface area (Å²) in [6.45, 7) is 1.55. The molecule has 27 heavy (non-hydrogen) atoms. The summed E-state index contributed by atoms with van der Waals surface area (Å²) < 4.78 is 4.96. The van der Waals surface area contributed by atoms with Gasteiger partial charge in [0.25, 0.3) is 5.91 Å². The second kappa shape index (κ2) is 8.62. The number of esters is 1. The van der Waals surface area contributed by atoms with Crippen LogP contribution in [0.5, 0.6) is 0 Å². The highest BCUT2D eigenvalue weighted by molar-refractivity contribution is 5.97. The zero-order valence-electron chi connectivity index (χ0n) is 15.2. The summed E-state index contributed by atoms with van der Waals surface area (Å²) in [5.74, 6) is -1.00. The number of pyridine rings is 1. The molecule has 3 amide bonds. The molecule has 0 radical (unpaired) electrons. The summed E-state index contributed by atoms with van der Waals surface area (Å²) >= 11 is 0. The molecule has 1 heterocycles. The lowest BCUT2D eigenvalue weighted by molar-refractivity contribution is -0.123. The first-order valence-corrected chi connectivity index (χ1v) is 9.16. The molecular weight excluding hydrogens is 346 g/mol. The van der Waals surface area contributed by atoms with Crippen molar-refractivity contribution in [2.45, 2.75) is 38.6 Å². The van der Waals surface area contributed by atoms with E-state index in [9.17, 15) is 14.4 Å². The number of carbonyl (C=O) groups is 3. The van der Waals surface area contributed by atoms with E-state index in [0.717, 1.165) is 24.6 Å². The molecule has 1 fully saturated rings. The number of fused-ring (bicyclic) bond motifs is 1. The molecular formula is C20H23N3O4. The Hall–Kier alpha value is -2.96. The van der Waals surface area contributed by atoms with Crippen LogP contribution in [0.1, 0.15) is 43.1 Å². The summed E-state index contributed by atoms with van der Waals surface area (Å²) in [4.78, 5) is 40.1. The minimum atomic E-state index is -0.711. The molecule has 0 aliphatic heterocycles. The molecule has 3 rings (SSSR count). The Kier molecular flexibility index (Phi) is 6.01. The topological polar surface area (TPSA) is 97.4 Å². The fourth-order valence-corrected chi connectivity index (χ4v) is 3.28. The van der Waals surface area contributed by atoms with Gasteiger partial charge >= 0.3 is 12.0 Å². The highest BCUT2D eigenvalue weighted by Gasteiger charge is 2.23. The first-order chi connectivity index (χ1) is 13.0. The van der Waals surface area contributed by atoms with Crippen molar-refractivity contribution < 1.29 is 19.1 Å². The van der Waals surface area contributed by atoms with E-state index in [-0.39, 0.29) is 11.7 Å². The number of benzene rings is 1. The predicted octanol–water partition coefficient (Wildman–Crippen LogP) is 2.80. The van der Waals surface area contributed by atoms with Gasteiger partial charge in [0.2, 0.25) is 0 Å². The molecule has 1 aromatic heterocycles. The Morgan fingerprint density at radius 3 is 2.70 bits per heavy atom. The van der Waals surface area contributed by atoms with E-state index in [4.69, 9.17) is 4.74 Å². The molecule has 0 unspecified atom stereocenters. The van der Waals surface area contributed by atoms with Gasteiger partial charge in [-0.05, 0) is 30.9 Å². The number of amides is 3. The molecule has 142 valence electrons. The number of para-hydroxylation sites is 1. The zero-order valence-corrected chi connectivity index (χ0v) is 15.2. The van der Waals surface area contributed by atoms with E-state index in [2.05, 4.69) is 22.5 Å². The minimum Gasteiger partial charge on any atom is -0.451 e. The molecule has 2 N–H and O–H groups in total. The number of urea groups is 1. The molecule has 0 bridgehead atoms. The van der Waals surface area contributed by atoms with Crippen LogP contribution in [0, 0.1) is 5.92 Å². The van der Waals surface area contributed by atoms with Gasteiger partial charge in [0, 0.05) is 11.4 Å². The van der Waals surface area contributed by atoms with E-state index < -0.39 is 24.5 Å². The first-order valence-electron chi connectivity index (χ1n) is 9.16. The maximum absolute atomic E-state index is 12.1. The van der Waals surface area contributed by atoms with Gasteiger partial charge in [-0.2, -0.15) is 0 Å². The number of carbonyl (C=O) groups excluding carboxylic acids is 3. The van der Waals surface area contributed by atoms with Crippen LogP contribution in [0.3, 0.4) is 0 Å². The molecule has 0 saturated heterocycles. The molecule has 7 heteroatoms. The van der Waals surface area contributed by atoms with Gasteiger partial charge in [0.1, 0.15) is 5.69 Å². The van der Waals surface area contributed by atoms with Crippen LogP contribution in [0.4, 0.5) is 4.79 Å². The summed E-state index contributed by atoms with van der Waals surface area (Å²) in [7, 11) is 0. The quantitative estimate of drug-likeness (QED) is 0.808. The number of nitrogens with one attached hydrogen (secondary N) is 2. The Morgan fingerprint density at radius 1 is 1.11 bits per heavy atom. The van der Waals surface area contributed by atoms with Crippen molar-refractivity contribution in [1.29, 1.82) is 0 Å². The van der Waals surface area contributed by atoms with Crippen LogP contribution in [0.2, 0.25) is 0 Å². The molecule has 7 nitrogen and oxygen atoms in total. The van der Waals surface area contributed by atoms with Crippen molar-refractivity contribution >= 4 is 28.8 Å². The fraction of sp³-hybridized carbons (Fsp3) is 0.400. The number of hydrogen-bond donors (Lipinski definition) is 2. The summed E-state index contributed by atoms with van der Waals surface area (Å²) in [5, 5.41) is 5.92. The van der Waals surface area contributed by atoms with Crippen molar-refractivity contribution in [2.75, 3.05) is 6.61 Å². The number of rotatable bonds is 4. The average Bonchev–Trinajstić information content (AvgIpc) is 2.67. The lowest BCUT2D eigenvalue weighted by Crippen LogP contribution is -2.48.